The standard InChI is InChI=1S/C21H20N2O2S2/c24-20(23-21(26)22-15-17-9-6-14-27-17)18-10-4-5-11-19(18)25-13-12-16-7-2-1-3-8-16/h1-11,14H,12-13,15H2,(H2,22,23,24,26). The molecule has 0 aliphatic carbocycles. The van der Waals surface area contributed by atoms with Crippen molar-refractivity contribution in [3.63, 3.8) is 0 Å². The van der Waals surface area contributed by atoms with E-state index in [-0.39, 0.29) is 5.91 Å². The molecule has 2 aromatic carbocycles. The number of thiophene rings is 1. The van der Waals surface area contributed by atoms with Crippen molar-refractivity contribution in [2.45, 2.75) is 13.0 Å². The minimum atomic E-state index is -0.283. The predicted octanol–water partition coefficient (Wildman–Crippen LogP) is 4.17. The van der Waals surface area contributed by atoms with Crippen molar-refractivity contribution in [1.29, 1.82) is 0 Å². The monoisotopic (exact) mass is 396 g/mol. The summed E-state index contributed by atoms with van der Waals surface area (Å²) in [5, 5.41) is 8.05. The molecule has 3 aromatic rings. The quantitative estimate of drug-likeness (QED) is 0.589. The van der Waals surface area contributed by atoms with Crippen molar-refractivity contribution in [3.05, 3.63) is 88.1 Å². The van der Waals surface area contributed by atoms with Crippen LogP contribution >= 0.6 is 23.6 Å². The molecule has 6 heteroatoms. The number of amides is 1. The number of hydrogen-bond donors (Lipinski definition) is 2. The average Bonchev–Trinajstić information content (AvgIpc) is 3.21. The minimum absolute atomic E-state index is 0.283. The van der Waals surface area contributed by atoms with Crippen molar-refractivity contribution < 1.29 is 9.53 Å². The third kappa shape index (κ3) is 5.91. The average molecular weight is 397 g/mol. The number of carbonyl (C=O) groups excluding carboxylic acids is 1. The zero-order chi connectivity index (χ0) is 18.9. The Morgan fingerprint density at radius 1 is 1.00 bits per heavy atom. The Kier molecular flexibility index (Phi) is 6.96. The molecule has 0 radical (unpaired) electrons. The van der Waals surface area contributed by atoms with E-state index in [4.69, 9.17) is 17.0 Å². The molecule has 1 aromatic heterocycles. The summed E-state index contributed by atoms with van der Waals surface area (Å²) in [7, 11) is 0. The number of carbonyl (C=O) groups is 1. The Morgan fingerprint density at radius 2 is 1.78 bits per heavy atom. The van der Waals surface area contributed by atoms with Crippen LogP contribution in [-0.2, 0) is 13.0 Å². The van der Waals surface area contributed by atoms with Crippen LogP contribution in [0.15, 0.2) is 72.1 Å². The molecule has 27 heavy (non-hydrogen) atoms. The normalized spacial score (nSPS) is 10.2. The molecule has 0 aliphatic heterocycles. The fraction of sp³-hybridized carbons (Fsp3) is 0.143. The summed E-state index contributed by atoms with van der Waals surface area (Å²) in [5.74, 6) is 0.265. The van der Waals surface area contributed by atoms with E-state index in [1.807, 2.05) is 41.8 Å². The molecule has 0 saturated heterocycles. The first-order chi connectivity index (χ1) is 13.2. The molecule has 1 heterocycles. The fourth-order valence-corrected chi connectivity index (χ4v) is 3.31. The van der Waals surface area contributed by atoms with Gasteiger partial charge in [0.2, 0.25) is 0 Å². The Labute approximate surface area is 168 Å². The van der Waals surface area contributed by atoms with E-state index in [2.05, 4.69) is 22.8 Å². The molecule has 4 nitrogen and oxygen atoms in total. The van der Waals surface area contributed by atoms with E-state index in [1.54, 1.807) is 29.5 Å². The maximum absolute atomic E-state index is 12.6. The van der Waals surface area contributed by atoms with Gasteiger partial charge in [-0.3, -0.25) is 10.1 Å². The fourth-order valence-electron chi connectivity index (χ4n) is 2.50. The van der Waals surface area contributed by atoms with Crippen molar-refractivity contribution in [2.75, 3.05) is 6.61 Å². The summed E-state index contributed by atoms with van der Waals surface area (Å²) in [5.41, 5.74) is 1.66. The summed E-state index contributed by atoms with van der Waals surface area (Å²) < 4.78 is 5.84. The molecular formula is C21H20N2O2S2. The molecule has 0 fully saturated rings. The van der Waals surface area contributed by atoms with Crippen LogP contribution in [0.1, 0.15) is 20.8 Å². The lowest BCUT2D eigenvalue weighted by atomic mass is 10.1. The molecule has 138 valence electrons. The first kappa shape index (κ1) is 19.1. The first-order valence-electron chi connectivity index (χ1n) is 8.59. The van der Waals surface area contributed by atoms with Gasteiger partial charge in [-0.05, 0) is 41.4 Å². The number of hydrogen-bond acceptors (Lipinski definition) is 4. The Balaban J connectivity index is 1.54. The molecule has 0 saturated carbocycles. The first-order valence-corrected chi connectivity index (χ1v) is 9.88. The van der Waals surface area contributed by atoms with Crippen LogP contribution in [0.5, 0.6) is 5.75 Å². The number of rotatable bonds is 7. The number of thiocarbonyl (C=S) groups is 1. The van der Waals surface area contributed by atoms with Crippen molar-refractivity contribution in [1.82, 2.24) is 10.6 Å². The topological polar surface area (TPSA) is 50.4 Å². The van der Waals surface area contributed by atoms with Gasteiger partial charge in [-0.1, -0.05) is 48.5 Å². The molecule has 0 unspecified atom stereocenters. The molecular weight excluding hydrogens is 376 g/mol. The lowest BCUT2D eigenvalue weighted by Gasteiger charge is -2.13. The van der Waals surface area contributed by atoms with Gasteiger partial charge in [0.25, 0.3) is 5.91 Å². The van der Waals surface area contributed by atoms with Crippen molar-refractivity contribution >= 4 is 34.6 Å². The van der Waals surface area contributed by atoms with Crippen molar-refractivity contribution in [3.8, 4) is 5.75 Å². The number of nitrogens with one attached hydrogen (secondary N) is 2. The SMILES string of the molecule is O=C(NC(=S)NCc1cccs1)c1ccccc1OCCc1ccccc1. The lowest BCUT2D eigenvalue weighted by molar-refractivity contribution is 0.0972. The van der Waals surface area contributed by atoms with Gasteiger partial charge < -0.3 is 10.1 Å². The Hall–Kier alpha value is -2.70. The van der Waals surface area contributed by atoms with E-state index >= 15 is 0 Å². The molecule has 2 N–H and O–H groups in total. The second-order valence-electron chi connectivity index (χ2n) is 5.80. The number of ether oxygens (including phenoxy) is 1. The Morgan fingerprint density at radius 3 is 2.56 bits per heavy atom. The predicted molar refractivity (Wildman–Crippen MR) is 113 cm³/mol. The maximum Gasteiger partial charge on any atom is 0.261 e. The Bertz CT molecular complexity index is 880. The van der Waals surface area contributed by atoms with Crippen LogP contribution in [0.25, 0.3) is 0 Å². The minimum Gasteiger partial charge on any atom is -0.492 e. The van der Waals surface area contributed by atoms with Gasteiger partial charge >= 0.3 is 0 Å². The van der Waals surface area contributed by atoms with Crippen LogP contribution < -0.4 is 15.4 Å². The number of benzene rings is 2. The summed E-state index contributed by atoms with van der Waals surface area (Å²) in [4.78, 5) is 13.7. The van der Waals surface area contributed by atoms with Crippen LogP contribution in [-0.4, -0.2) is 17.6 Å². The van der Waals surface area contributed by atoms with Gasteiger partial charge in [0.15, 0.2) is 5.11 Å². The molecule has 1 amide bonds. The molecule has 0 aliphatic rings. The van der Waals surface area contributed by atoms with Gasteiger partial charge in [0, 0.05) is 11.3 Å². The highest BCUT2D eigenvalue weighted by molar-refractivity contribution is 7.80. The highest BCUT2D eigenvalue weighted by atomic mass is 32.1. The van der Waals surface area contributed by atoms with Gasteiger partial charge in [0.05, 0.1) is 18.7 Å². The molecule has 0 spiro atoms. The van der Waals surface area contributed by atoms with Crippen LogP contribution in [0.4, 0.5) is 0 Å². The highest BCUT2D eigenvalue weighted by Gasteiger charge is 2.13. The van der Waals surface area contributed by atoms with Crippen LogP contribution in [0, 0.1) is 0 Å². The summed E-state index contributed by atoms with van der Waals surface area (Å²) in [6.07, 6.45) is 0.775. The smallest absolute Gasteiger partial charge is 0.261 e. The third-order valence-corrected chi connectivity index (χ3v) is 4.98. The van der Waals surface area contributed by atoms with Gasteiger partial charge in [-0.2, -0.15) is 0 Å². The summed E-state index contributed by atoms with van der Waals surface area (Å²) in [6.45, 7) is 1.08. The van der Waals surface area contributed by atoms with E-state index in [0.29, 0.717) is 29.6 Å². The van der Waals surface area contributed by atoms with E-state index in [0.717, 1.165) is 11.3 Å². The molecule has 0 atom stereocenters. The van der Waals surface area contributed by atoms with Crippen LogP contribution in [0.2, 0.25) is 0 Å². The van der Waals surface area contributed by atoms with E-state index < -0.39 is 0 Å². The third-order valence-electron chi connectivity index (χ3n) is 3.85. The van der Waals surface area contributed by atoms with Crippen molar-refractivity contribution in [2.24, 2.45) is 0 Å². The lowest BCUT2D eigenvalue weighted by Crippen LogP contribution is -2.38. The summed E-state index contributed by atoms with van der Waals surface area (Å²) >= 11 is 6.85. The zero-order valence-electron chi connectivity index (χ0n) is 14.7. The number of para-hydroxylation sites is 1. The zero-order valence-corrected chi connectivity index (χ0v) is 16.3. The second-order valence-corrected chi connectivity index (χ2v) is 7.24. The highest BCUT2D eigenvalue weighted by Crippen LogP contribution is 2.18. The van der Waals surface area contributed by atoms with E-state index in [1.165, 1.54) is 5.56 Å². The largest absolute Gasteiger partial charge is 0.492 e. The van der Waals surface area contributed by atoms with Gasteiger partial charge in [0.1, 0.15) is 5.75 Å². The van der Waals surface area contributed by atoms with E-state index in [9.17, 15) is 4.79 Å². The van der Waals surface area contributed by atoms with Crippen LogP contribution in [0.3, 0.4) is 0 Å². The van der Waals surface area contributed by atoms with Gasteiger partial charge in [-0.15, -0.1) is 11.3 Å². The van der Waals surface area contributed by atoms with Gasteiger partial charge in [-0.25, -0.2) is 0 Å². The maximum atomic E-state index is 12.6. The molecule has 0 bridgehead atoms. The summed E-state index contributed by atoms with van der Waals surface area (Å²) in [6, 6.07) is 21.3. The second kappa shape index (κ2) is 9.85. The molecule has 3 rings (SSSR count).